The molecule has 9 nitrogen and oxygen atoms in total. The summed E-state index contributed by atoms with van der Waals surface area (Å²) in [7, 11) is -3.11. The molecule has 0 bridgehead atoms. The van der Waals surface area contributed by atoms with Gasteiger partial charge in [0, 0.05) is 24.6 Å². The standard InChI is InChI=1S/C25H29N5O4S/c1-15-3-5-17(6-4-15)20-13-21-22(27-16(2)30(21)19-9-12-35(33,34)14-19)23(28-20)25(32)29-10-7-18(8-11-29)24(26)31/h3-6,13,18-19H,7-12,14H2,1-2H3,(H2,26,31). The van der Waals surface area contributed by atoms with Crippen molar-refractivity contribution in [3.8, 4) is 11.3 Å². The van der Waals surface area contributed by atoms with Gasteiger partial charge in [0.25, 0.3) is 5.91 Å². The van der Waals surface area contributed by atoms with Crippen LogP contribution in [0.25, 0.3) is 22.3 Å². The van der Waals surface area contributed by atoms with Crippen LogP contribution in [0.15, 0.2) is 30.3 Å². The molecule has 2 saturated heterocycles. The number of amides is 2. The molecule has 0 spiro atoms. The first kappa shape index (κ1) is 23.5. The third kappa shape index (κ3) is 4.42. The molecule has 1 aromatic carbocycles. The molecule has 10 heteroatoms. The molecule has 184 valence electrons. The van der Waals surface area contributed by atoms with Gasteiger partial charge in [-0.15, -0.1) is 0 Å². The first-order valence-electron chi connectivity index (χ1n) is 11.9. The largest absolute Gasteiger partial charge is 0.369 e. The molecular weight excluding hydrogens is 466 g/mol. The predicted molar refractivity (Wildman–Crippen MR) is 133 cm³/mol. The number of fused-ring (bicyclic) bond motifs is 1. The molecule has 2 fully saturated rings. The maximum atomic E-state index is 13.7. The summed E-state index contributed by atoms with van der Waals surface area (Å²) in [6.45, 7) is 4.68. The lowest BCUT2D eigenvalue weighted by molar-refractivity contribution is -0.123. The predicted octanol–water partition coefficient (Wildman–Crippen LogP) is 2.41. The van der Waals surface area contributed by atoms with Crippen molar-refractivity contribution in [2.75, 3.05) is 24.6 Å². The first-order valence-corrected chi connectivity index (χ1v) is 13.7. The number of hydrogen-bond donors (Lipinski definition) is 1. The van der Waals surface area contributed by atoms with Gasteiger partial charge in [0.1, 0.15) is 11.3 Å². The van der Waals surface area contributed by atoms with E-state index in [4.69, 9.17) is 15.7 Å². The van der Waals surface area contributed by atoms with Gasteiger partial charge in [-0.25, -0.2) is 18.4 Å². The van der Waals surface area contributed by atoms with Crippen LogP contribution in [0.1, 0.15) is 47.2 Å². The van der Waals surface area contributed by atoms with Gasteiger partial charge in [-0.3, -0.25) is 9.59 Å². The lowest BCUT2D eigenvalue weighted by Gasteiger charge is -2.30. The van der Waals surface area contributed by atoms with Gasteiger partial charge < -0.3 is 15.2 Å². The van der Waals surface area contributed by atoms with Crippen molar-refractivity contribution in [3.05, 3.63) is 47.4 Å². The second-order valence-electron chi connectivity index (χ2n) is 9.64. The van der Waals surface area contributed by atoms with E-state index in [0.717, 1.165) is 11.1 Å². The molecule has 35 heavy (non-hydrogen) atoms. The molecule has 1 unspecified atom stereocenters. The lowest BCUT2D eigenvalue weighted by atomic mass is 9.96. The highest BCUT2D eigenvalue weighted by molar-refractivity contribution is 7.91. The summed E-state index contributed by atoms with van der Waals surface area (Å²) in [5.41, 5.74) is 9.51. The molecule has 0 saturated carbocycles. The Morgan fingerprint density at radius 1 is 1.03 bits per heavy atom. The molecule has 2 amide bonds. The van der Waals surface area contributed by atoms with Crippen LogP contribution >= 0.6 is 0 Å². The van der Waals surface area contributed by atoms with Crippen molar-refractivity contribution in [2.45, 2.75) is 39.2 Å². The number of pyridine rings is 1. The SMILES string of the molecule is Cc1ccc(-c2cc3c(nc(C)n3C3CCS(=O)(=O)C3)c(C(=O)N3CCC(C(N)=O)CC3)n2)cc1. The quantitative estimate of drug-likeness (QED) is 0.592. The van der Waals surface area contributed by atoms with Gasteiger partial charge in [-0.05, 0) is 39.2 Å². The number of hydrogen-bond acceptors (Lipinski definition) is 6. The number of nitrogens with two attached hydrogens (primary N) is 1. The minimum Gasteiger partial charge on any atom is -0.369 e. The Kier molecular flexibility index (Phi) is 5.86. The second-order valence-corrected chi connectivity index (χ2v) is 11.9. The Morgan fingerprint density at radius 3 is 2.31 bits per heavy atom. The number of rotatable bonds is 4. The van der Waals surface area contributed by atoms with E-state index in [1.54, 1.807) is 4.90 Å². The number of carbonyl (C=O) groups excluding carboxylic acids is 2. The Hall–Kier alpha value is -3.27. The normalized spacial score (nSPS) is 20.4. The van der Waals surface area contributed by atoms with Crippen molar-refractivity contribution < 1.29 is 18.0 Å². The van der Waals surface area contributed by atoms with Crippen LogP contribution in [0.5, 0.6) is 0 Å². The molecule has 2 aromatic heterocycles. The Morgan fingerprint density at radius 2 is 1.71 bits per heavy atom. The van der Waals surface area contributed by atoms with Crippen LogP contribution in [0, 0.1) is 19.8 Å². The fourth-order valence-electron chi connectivity index (χ4n) is 5.19. The van der Waals surface area contributed by atoms with Crippen LogP contribution < -0.4 is 5.73 Å². The number of imidazole rings is 1. The van der Waals surface area contributed by atoms with E-state index in [1.165, 1.54) is 0 Å². The highest BCUT2D eigenvalue weighted by atomic mass is 32.2. The van der Waals surface area contributed by atoms with Crippen LogP contribution in [-0.2, 0) is 14.6 Å². The van der Waals surface area contributed by atoms with Gasteiger partial charge in [0.2, 0.25) is 5.91 Å². The number of nitrogens with zero attached hydrogens (tertiary/aromatic N) is 4. The molecule has 4 heterocycles. The van der Waals surface area contributed by atoms with E-state index < -0.39 is 9.84 Å². The van der Waals surface area contributed by atoms with Crippen molar-refractivity contribution in [2.24, 2.45) is 11.7 Å². The van der Waals surface area contributed by atoms with Gasteiger partial charge in [-0.1, -0.05) is 29.8 Å². The summed E-state index contributed by atoms with van der Waals surface area (Å²) in [5.74, 6) is 0.0668. The number of carbonyl (C=O) groups is 2. The molecule has 2 aliphatic rings. The van der Waals surface area contributed by atoms with Crippen molar-refractivity contribution in [3.63, 3.8) is 0 Å². The minimum absolute atomic E-state index is 0.0609. The molecule has 2 N–H and O–H groups in total. The monoisotopic (exact) mass is 495 g/mol. The van der Waals surface area contributed by atoms with E-state index in [1.807, 2.05) is 48.7 Å². The van der Waals surface area contributed by atoms with Gasteiger partial charge >= 0.3 is 0 Å². The highest BCUT2D eigenvalue weighted by Gasteiger charge is 2.33. The topological polar surface area (TPSA) is 128 Å². The lowest BCUT2D eigenvalue weighted by Crippen LogP contribution is -2.42. The summed E-state index contributed by atoms with van der Waals surface area (Å²) in [6.07, 6.45) is 1.56. The summed E-state index contributed by atoms with van der Waals surface area (Å²) in [5, 5.41) is 0. The third-order valence-corrected chi connectivity index (χ3v) is 8.91. The number of aryl methyl sites for hydroxylation is 2. The molecule has 5 rings (SSSR count). The number of benzene rings is 1. The summed E-state index contributed by atoms with van der Waals surface area (Å²) in [6, 6.07) is 9.58. The Balaban J connectivity index is 1.62. The fourth-order valence-corrected chi connectivity index (χ4v) is 6.89. The minimum atomic E-state index is -3.11. The summed E-state index contributed by atoms with van der Waals surface area (Å²) < 4.78 is 26.4. The maximum Gasteiger partial charge on any atom is 0.274 e. The van der Waals surface area contributed by atoms with Crippen LogP contribution in [0.3, 0.4) is 0 Å². The molecule has 0 aliphatic carbocycles. The second kappa shape index (κ2) is 8.75. The third-order valence-electron chi connectivity index (χ3n) is 7.16. The molecule has 0 radical (unpaired) electrons. The van der Waals surface area contributed by atoms with Crippen molar-refractivity contribution >= 4 is 32.7 Å². The maximum absolute atomic E-state index is 13.7. The molecule has 1 atom stereocenters. The summed E-state index contributed by atoms with van der Waals surface area (Å²) >= 11 is 0. The zero-order valence-electron chi connectivity index (χ0n) is 19.9. The van der Waals surface area contributed by atoms with E-state index in [9.17, 15) is 18.0 Å². The van der Waals surface area contributed by atoms with Crippen LogP contribution in [0.2, 0.25) is 0 Å². The van der Waals surface area contributed by atoms with Crippen LogP contribution in [0.4, 0.5) is 0 Å². The zero-order chi connectivity index (χ0) is 24.9. The average Bonchev–Trinajstić information content (AvgIpc) is 3.35. The van der Waals surface area contributed by atoms with Gasteiger partial charge in [-0.2, -0.15) is 0 Å². The molecular formula is C25H29N5O4S. The highest BCUT2D eigenvalue weighted by Crippen LogP contribution is 2.33. The van der Waals surface area contributed by atoms with Crippen molar-refractivity contribution in [1.29, 1.82) is 0 Å². The number of aromatic nitrogens is 3. The summed E-state index contributed by atoms with van der Waals surface area (Å²) in [4.78, 5) is 36.4. The van der Waals surface area contributed by atoms with Crippen molar-refractivity contribution in [1.82, 2.24) is 19.4 Å². The number of sulfone groups is 1. The van der Waals surface area contributed by atoms with E-state index >= 15 is 0 Å². The fraction of sp³-hybridized carbons (Fsp3) is 0.440. The Bertz CT molecular complexity index is 1420. The van der Waals surface area contributed by atoms with E-state index in [2.05, 4.69) is 0 Å². The number of likely N-dealkylation sites (tertiary alicyclic amines) is 1. The van der Waals surface area contributed by atoms with Crippen LogP contribution in [-0.4, -0.2) is 64.3 Å². The van der Waals surface area contributed by atoms with E-state index in [0.29, 0.717) is 54.9 Å². The smallest absolute Gasteiger partial charge is 0.274 e. The Labute approximate surface area is 204 Å². The molecule has 3 aromatic rings. The van der Waals surface area contributed by atoms with Gasteiger partial charge in [0.15, 0.2) is 15.5 Å². The first-order chi connectivity index (χ1) is 16.6. The van der Waals surface area contributed by atoms with E-state index in [-0.39, 0.29) is 41.0 Å². The number of primary amides is 1. The average molecular weight is 496 g/mol. The zero-order valence-corrected chi connectivity index (χ0v) is 20.7. The molecule has 2 aliphatic heterocycles. The van der Waals surface area contributed by atoms with Gasteiger partial charge in [0.05, 0.1) is 28.8 Å². The number of piperidine rings is 1.